The average Bonchev–Trinajstić information content (AvgIpc) is 3.15. The van der Waals surface area contributed by atoms with Crippen molar-refractivity contribution in [1.82, 2.24) is 19.8 Å². The van der Waals surface area contributed by atoms with Gasteiger partial charge in [0.15, 0.2) is 0 Å². The van der Waals surface area contributed by atoms with Crippen molar-refractivity contribution in [2.24, 2.45) is 5.41 Å². The van der Waals surface area contributed by atoms with Crippen molar-refractivity contribution in [3.63, 3.8) is 0 Å². The number of hydrazine groups is 1. The summed E-state index contributed by atoms with van der Waals surface area (Å²) in [7, 11) is 0. The first kappa shape index (κ1) is 23.7. The number of likely N-dealkylation sites (tertiary alicyclic amines) is 2. The van der Waals surface area contributed by atoms with Gasteiger partial charge in [0.25, 0.3) is 17.7 Å². The van der Waals surface area contributed by atoms with Crippen LogP contribution in [0.1, 0.15) is 55.3 Å². The van der Waals surface area contributed by atoms with Crippen molar-refractivity contribution >= 4 is 44.1 Å². The Morgan fingerprint density at radius 2 is 1.67 bits per heavy atom. The van der Waals surface area contributed by atoms with Crippen LogP contribution in [0.5, 0.6) is 0 Å². The number of rotatable bonds is 2. The monoisotopic (exact) mass is 513 g/mol. The second kappa shape index (κ2) is 8.99. The van der Waals surface area contributed by atoms with Crippen molar-refractivity contribution in [2.45, 2.75) is 51.0 Å². The Labute approximate surface area is 213 Å². The number of hydrogen-bond donors (Lipinski definition) is 1. The molecular formula is C26H32FN5O3S. The third kappa shape index (κ3) is 3.68. The van der Waals surface area contributed by atoms with Gasteiger partial charge in [-0.3, -0.25) is 29.3 Å². The van der Waals surface area contributed by atoms with Gasteiger partial charge in [-0.15, -0.1) is 11.3 Å². The standard InChI is InChI=1S/C26H32FN5O3S/c27-17-5-6-20-19(15-17)21(22(28)36-20)23(33)29-13-7-18(8-14-29)30-10-4-9-26(16-30)24(34)31-11-2-1-3-12-32(31)25(26)35/h5-6,15,18H,1-4,7-14,16,28H2. The molecule has 1 spiro atoms. The van der Waals surface area contributed by atoms with Crippen LogP contribution in [0.25, 0.3) is 10.1 Å². The van der Waals surface area contributed by atoms with E-state index in [1.165, 1.54) is 23.5 Å². The molecule has 8 nitrogen and oxygen atoms in total. The Balaban J connectivity index is 1.15. The summed E-state index contributed by atoms with van der Waals surface area (Å²) in [4.78, 5) is 44.5. The highest BCUT2D eigenvalue weighted by atomic mass is 32.1. The fraction of sp³-hybridized carbons (Fsp3) is 0.577. The zero-order valence-corrected chi connectivity index (χ0v) is 21.2. The van der Waals surface area contributed by atoms with Crippen LogP contribution in [0.15, 0.2) is 18.2 Å². The zero-order valence-electron chi connectivity index (χ0n) is 20.4. The molecule has 1 aromatic heterocycles. The van der Waals surface area contributed by atoms with Crippen LogP contribution < -0.4 is 5.73 Å². The normalized spacial score (nSPS) is 23.5. The lowest BCUT2D eigenvalue weighted by Crippen LogP contribution is -2.56. The van der Waals surface area contributed by atoms with Crippen LogP contribution in [0.4, 0.5) is 9.39 Å². The van der Waals surface area contributed by atoms with Crippen molar-refractivity contribution in [2.75, 3.05) is 45.0 Å². The topological polar surface area (TPSA) is 90.2 Å². The second-order valence-electron chi connectivity index (χ2n) is 10.6. The lowest BCUT2D eigenvalue weighted by atomic mass is 9.78. The predicted octanol–water partition coefficient (Wildman–Crippen LogP) is 3.08. The fourth-order valence-electron chi connectivity index (χ4n) is 6.60. The summed E-state index contributed by atoms with van der Waals surface area (Å²) in [6, 6.07) is 4.65. The van der Waals surface area contributed by atoms with Crippen LogP contribution in [0.2, 0.25) is 0 Å². The number of halogens is 1. The molecule has 0 unspecified atom stereocenters. The largest absolute Gasteiger partial charge is 0.390 e. The summed E-state index contributed by atoms with van der Waals surface area (Å²) in [5.41, 5.74) is 5.62. The van der Waals surface area contributed by atoms with E-state index in [0.717, 1.165) is 49.8 Å². The Morgan fingerprint density at radius 1 is 0.972 bits per heavy atom. The number of nitrogens with two attached hydrogens (primary N) is 1. The molecule has 0 radical (unpaired) electrons. The van der Waals surface area contributed by atoms with Gasteiger partial charge in [-0.25, -0.2) is 4.39 Å². The minimum Gasteiger partial charge on any atom is -0.390 e. The van der Waals surface area contributed by atoms with Crippen LogP contribution in [0, 0.1) is 11.2 Å². The number of fused-ring (bicyclic) bond motifs is 2. The van der Waals surface area contributed by atoms with Crippen molar-refractivity contribution in [1.29, 1.82) is 0 Å². The number of anilines is 1. The first-order valence-corrected chi connectivity index (χ1v) is 13.9. The lowest BCUT2D eigenvalue weighted by molar-refractivity contribution is -0.145. The summed E-state index contributed by atoms with van der Waals surface area (Å²) < 4.78 is 14.7. The quantitative estimate of drug-likeness (QED) is 0.624. The second-order valence-corrected chi connectivity index (χ2v) is 11.7. The molecule has 5 heterocycles. The van der Waals surface area contributed by atoms with E-state index in [4.69, 9.17) is 5.73 Å². The van der Waals surface area contributed by atoms with Gasteiger partial charge in [0.05, 0.1) is 10.6 Å². The van der Waals surface area contributed by atoms with Crippen LogP contribution in [-0.2, 0) is 9.59 Å². The fourth-order valence-corrected chi connectivity index (χ4v) is 7.54. The van der Waals surface area contributed by atoms with Gasteiger partial charge in [0, 0.05) is 48.9 Å². The van der Waals surface area contributed by atoms with Gasteiger partial charge in [-0.05, 0) is 69.7 Å². The first-order chi connectivity index (χ1) is 17.4. The van der Waals surface area contributed by atoms with Crippen molar-refractivity contribution in [3.8, 4) is 0 Å². The number of nitrogens with zero attached hydrogens (tertiary/aromatic N) is 4. The number of piperidine rings is 2. The number of carbonyl (C=O) groups is 3. The summed E-state index contributed by atoms with van der Waals surface area (Å²) in [6.45, 7) is 3.74. The van der Waals surface area contributed by atoms with Gasteiger partial charge < -0.3 is 10.6 Å². The van der Waals surface area contributed by atoms with Crippen molar-refractivity contribution in [3.05, 3.63) is 29.6 Å². The van der Waals surface area contributed by atoms with E-state index in [0.29, 0.717) is 55.1 Å². The Hall–Kier alpha value is -2.72. The maximum atomic E-state index is 13.9. The van der Waals surface area contributed by atoms with Gasteiger partial charge in [0.1, 0.15) is 11.2 Å². The molecule has 1 aromatic carbocycles. The van der Waals surface area contributed by atoms with Crippen molar-refractivity contribution < 1.29 is 18.8 Å². The maximum absolute atomic E-state index is 13.9. The smallest absolute Gasteiger partial charge is 0.258 e. The Bertz CT molecular complexity index is 1200. The Kier molecular flexibility index (Phi) is 5.91. The molecule has 0 aliphatic carbocycles. The first-order valence-electron chi connectivity index (χ1n) is 13.0. The highest BCUT2D eigenvalue weighted by molar-refractivity contribution is 7.23. The molecule has 10 heteroatoms. The molecule has 192 valence electrons. The molecule has 2 N–H and O–H groups in total. The summed E-state index contributed by atoms with van der Waals surface area (Å²) in [5.74, 6) is -0.566. The molecular weight excluding hydrogens is 481 g/mol. The molecule has 4 fully saturated rings. The van der Waals surface area contributed by atoms with Crippen LogP contribution >= 0.6 is 11.3 Å². The van der Waals surface area contributed by atoms with Gasteiger partial charge in [-0.1, -0.05) is 0 Å². The maximum Gasteiger partial charge on any atom is 0.258 e. The van der Waals surface area contributed by atoms with E-state index in [1.54, 1.807) is 21.0 Å². The lowest BCUT2D eigenvalue weighted by Gasteiger charge is -2.44. The summed E-state index contributed by atoms with van der Waals surface area (Å²) in [5, 5.41) is 4.43. The zero-order chi connectivity index (χ0) is 25.0. The highest BCUT2D eigenvalue weighted by Gasteiger charge is 2.60. The molecule has 2 aromatic rings. The number of carbonyl (C=O) groups excluding carboxylic acids is 3. The molecule has 3 amide bonds. The van der Waals surface area contributed by atoms with E-state index in [2.05, 4.69) is 4.90 Å². The SMILES string of the molecule is Nc1sc2ccc(F)cc2c1C(=O)N1CCC(N2CCCC3(C2)C(=O)N2CCCCCN2C3=O)CC1. The third-order valence-corrected chi connectivity index (χ3v) is 9.50. The molecule has 0 saturated carbocycles. The number of nitrogen functional groups attached to an aromatic ring is 1. The van der Waals surface area contributed by atoms with E-state index < -0.39 is 5.41 Å². The Morgan fingerprint density at radius 3 is 2.36 bits per heavy atom. The molecule has 0 bridgehead atoms. The molecule has 4 saturated heterocycles. The summed E-state index contributed by atoms with van der Waals surface area (Å²) in [6.07, 6.45) is 5.91. The van der Waals surface area contributed by atoms with Gasteiger partial charge in [0.2, 0.25) is 0 Å². The highest BCUT2D eigenvalue weighted by Crippen LogP contribution is 2.42. The number of thiophene rings is 1. The van der Waals surface area contributed by atoms with E-state index >= 15 is 0 Å². The molecule has 6 rings (SSSR count). The minimum absolute atomic E-state index is 0.0150. The number of hydrogen-bond acceptors (Lipinski definition) is 6. The molecule has 36 heavy (non-hydrogen) atoms. The third-order valence-electron chi connectivity index (χ3n) is 8.50. The number of amides is 3. The van der Waals surface area contributed by atoms with Gasteiger partial charge >= 0.3 is 0 Å². The van der Waals surface area contributed by atoms with Crippen LogP contribution in [0.3, 0.4) is 0 Å². The van der Waals surface area contributed by atoms with E-state index in [9.17, 15) is 18.8 Å². The van der Waals surface area contributed by atoms with E-state index in [-0.39, 0.29) is 29.6 Å². The molecule has 4 aliphatic heterocycles. The summed E-state index contributed by atoms with van der Waals surface area (Å²) >= 11 is 1.31. The molecule has 0 atom stereocenters. The van der Waals surface area contributed by atoms with E-state index in [1.807, 2.05) is 0 Å². The molecule has 4 aliphatic rings. The van der Waals surface area contributed by atoms with Crippen LogP contribution in [-0.4, -0.2) is 82.8 Å². The minimum atomic E-state index is -0.948. The average molecular weight is 514 g/mol. The predicted molar refractivity (Wildman–Crippen MR) is 136 cm³/mol. The number of benzene rings is 1. The van der Waals surface area contributed by atoms with Gasteiger partial charge in [-0.2, -0.15) is 0 Å².